The lowest BCUT2D eigenvalue weighted by atomic mass is 10.1. The molecule has 1 N–H and O–H groups in total. The number of hydrogen-bond acceptors (Lipinski definition) is 5. The van der Waals surface area contributed by atoms with Crippen LogP contribution in [-0.2, 0) is 13.0 Å². The Morgan fingerprint density at radius 3 is 2.90 bits per heavy atom. The van der Waals surface area contributed by atoms with E-state index in [1.807, 2.05) is 24.1 Å². The van der Waals surface area contributed by atoms with E-state index in [1.54, 1.807) is 12.1 Å². The van der Waals surface area contributed by atoms with E-state index in [2.05, 4.69) is 21.2 Å². The maximum Gasteiger partial charge on any atom is 0.292 e. The zero-order chi connectivity index (χ0) is 15.0. The number of benzene rings is 1. The molecule has 0 aliphatic carbocycles. The lowest BCUT2D eigenvalue weighted by molar-refractivity contribution is -0.384. The van der Waals surface area contributed by atoms with E-state index in [0.29, 0.717) is 16.9 Å². The highest BCUT2D eigenvalue weighted by Gasteiger charge is 2.26. The molecule has 1 aromatic carbocycles. The molecule has 1 aromatic heterocycles. The summed E-state index contributed by atoms with van der Waals surface area (Å²) in [6, 6.07) is 7.00. The normalized spacial score (nSPS) is 12.9. The van der Waals surface area contributed by atoms with Crippen molar-refractivity contribution in [3.05, 3.63) is 50.4 Å². The molecule has 0 saturated carbocycles. The van der Waals surface area contributed by atoms with Crippen molar-refractivity contribution in [2.75, 3.05) is 23.8 Å². The van der Waals surface area contributed by atoms with Crippen molar-refractivity contribution >= 4 is 33.0 Å². The molecule has 3 rings (SSSR count). The van der Waals surface area contributed by atoms with Crippen LogP contribution in [0.3, 0.4) is 0 Å². The van der Waals surface area contributed by atoms with Crippen LogP contribution in [0.5, 0.6) is 0 Å². The number of rotatable bonds is 4. The molecule has 6 nitrogen and oxygen atoms in total. The molecule has 0 amide bonds. The van der Waals surface area contributed by atoms with Crippen molar-refractivity contribution < 1.29 is 9.34 Å². The number of nitro benzene ring substituents is 1. The Morgan fingerprint density at radius 1 is 1.43 bits per heavy atom. The second-order valence-corrected chi connectivity index (χ2v) is 5.74. The second-order valence-electron chi connectivity index (χ2n) is 4.96. The van der Waals surface area contributed by atoms with Gasteiger partial charge in [0.25, 0.3) is 5.69 Å². The first-order valence-corrected chi connectivity index (χ1v) is 7.35. The fourth-order valence-corrected chi connectivity index (χ4v) is 3.03. The predicted molar refractivity (Wildman–Crippen MR) is 83.8 cm³/mol. The minimum absolute atomic E-state index is 0.130. The zero-order valence-corrected chi connectivity index (χ0v) is 13.0. The highest BCUT2D eigenvalue weighted by molar-refractivity contribution is 9.10. The number of anilines is 2. The van der Waals surface area contributed by atoms with Crippen molar-refractivity contribution in [3.8, 4) is 0 Å². The molecule has 0 spiro atoms. The van der Waals surface area contributed by atoms with Crippen LogP contribution in [0.25, 0.3) is 0 Å². The van der Waals surface area contributed by atoms with Gasteiger partial charge >= 0.3 is 0 Å². The second kappa shape index (κ2) is 5.40. The van der Waals surface area contributed by atoms with Gasteiger partial charge in [-0.15, -0.1) is 0 Å². The molecule has 0 unspecified atom stereocenters. The molecule has 0 saturated heterocycles. The van der Waals surface area contributed by atoms with E-state index in [-0.39, 0.29) is 10.6 Å². The first-order valence-electron chi connectivity index (χ1n) is 6.56. The molecular weight excluding hydrogens is 338 g/mol. The first kappa shape index (κ1) is 13.9. The number of nitrogens with one attached hydrogen (secondary N) is 1. The average molecular weight is 352 g/mol. The summed E-state index contributed by atoms with van der Waals surface area (Å²) in [5.41, 5.74) is 2.76. The summed E-state index contributed by atoms with van der Waals surface area (Å²) in [6.45, 7) is 1.28. The Hall–Kier alpha value is -2.02. The van der Waals surface area contributed by atoms with Crippen molar-refractivity contribution in [2.24, 2.45) is 0 Å². The molecule has 0 atom stereocenters. The Labute approximate surface area is 130 Å². The molecule has 0 radical (unpaired) electrons. The number of halogens is 1. The van der Waals surface area contributed by atoms with E-state index < -0.39 is 0 Å². The SMILES string of the molecule is CN(Cc1ccc(Br)o1)c1c([N+](=O)[O-])ccc2c1CCN2. The molecule has 0 bridgehead atoms. The Kier molecular flexibility index (Phi) is 3.59. The van der Waals surface area contributed by atoms with E-state index in [4.69, 9.17) is 4.42 Å². The van der Waals surface area contributed by atoms with Crippen LogP contribution >= 0.6 is 15.9 Å². The number of nitro groups is 1. The van der Waals surface area contributed by atoms with Crippen LogP contribution in [0.1, 0.15) is 11.3 Å². The molecule has 1 aliphatic heterocycles. The molecule has 2 heterocycles. The highest BCUT2D eigenvalue weighted by atomic mass is 79.9. The van der Waals surface area contributed by atoms with Gasteiger partial charge in [0.1, 0.15) is 11.4 Å². The van der Waals surface area contributed by atoms with Gasteiger partial charge in [0.05, 0.1) is 11.5 Å². The van der Waals surface area contributed by atoms with Crippen LogP contribution in [0.15, 0.2) is 33.4 Å². The van der Waals surface area contributed by atoms with Crippen molar-refractivity contribution in [2.45, 2.75) is 13.0 Å². The average Bonchev–Trinajstić information content (AvgIpc) is 3.05. The van der Waals surface area contributed by atoms with Gasteiger partial charge < -0.3 is 14.6 Å². The van der Waals surface area contributed by atoms with Gasteiger partial charge in [-0.25, -0.2) is 0 Å². The zero-order valence-electron chi connectivity index (χ0n) is 11.4. The summed E-state index contributed by atoms with van der Waals surface area (Å²) in [4.78, 5) is 12.8. The summed E-state index contributed by atoms with van der Waals surface area (Å²) >= 11 is 3.26. The minimum Gasteiger partial charge on any atom is -0.452 e. The number of nitrogens with zero attached hydrogens (tertiary/aromatic N) is 2. The largest absolute Gasteiger partial charge is 0.452 e. The summed E-state index contributed by atoms with van der Waals surface area (Å²) in [5.74, 6) is 0.752. The van der Waals surface area contributed by atoms with E-state index >= 15 is 0 Å². The standard InChI is InChI=1S/C14H14BrN3O3/c1-17(8-9-2-5-13(15)21-9)14-10-6-7-16-11(10)3-4-12(14)18(19)20/h2-5,16H,6-8H2,1H3. The summed E-state index contributed by atoms with van der Waals surface area (Å²) < 4.78 is 6.14. The van der Waals surface area contributed by atoms with Crippen LogP contribution < -0.4 is 10.2 Å². The maximum absolute atomic E-state index is 11.3. The van der Waals surface area contributed by atoms with E-state index in [0.717, 1.165) is 30.0 Å². The van der Waals surface area contributed by atoms with Crippen molar-refractivity contribution in [3.63, 3.8) is 0 Å². The smallest absolute Gasteiger partial charge is 0.292 e. The van der Waals surface area contributed by atoms with Crippen molar-refractivity contribution in [1.82, 2.24) is 0 Å². The third kappa shape index (κ3) is 2.61. The Bertz CT molecular complexity index is 699. The molecule has 7 heteroatoms. The predicted octanol–water partition coefficient (Wildman–Crippen LogP) is 3.55. The highest BCUT2D eigenvalue weighted by Crippen LogP contribution is 2.39. The Balaban J connectivity index is 1.99. The van der Waals surface area contributed by atoms with Gasteiger partial charge in [-0.05, 0) is 40.5 Å². The number of hydrogen-bond donors (Lipinski definition) is 1. The topological polar surface area (TPSA) is 71.5 Å². The van der Waals surface area contributed by atoms with Crippen LogP contribution in [0, 0.1) is 10.1 Å². The van der Waals surface area contributed by atoms with Gasteiger partial charge in [0.2, 0.25) is 0 Å². The number of fused-ring (bicyclic) bond motifs is 1. The van der Waals surface area contributed by atoms with Gasteiger partial charge in [-0.3, -0.25) is 10.1 Å². The molecular formula is C14H14BrN3O3. The monoisotopic (exact) mass is 351 g/mol. The molecule has 110 valence electrons. The van der Waals surface area contributed by atoms with E-state index in [1.165, 1.54) is 0 Å². The minimum atomic E-state index is -0.331. The van der Waals surface area contributed by atoms with Crippen LogP contribution in [0.4, 0.5) is 17.1 Å². The fourth-order valence-electron chi connectivity index (χ4n) is 2.69. The maximum atomic E-state index is 11.3. The van der Waals surface area contributed by atoms with Gasteiger partial charge in [-0.2, -0.15) is 0 Å². The van der Waals surface area contributed by atoms with Crippen LogP contribution in [0.2, 0.25) is 0 Å². The lowest BCUT2D eigenvalue weighted by Crippen LogP contribution is -2.19. The first-order chi connectivity index (χ1) is 10.1. The molecule has 2 aromatic rings. The third-order valence-corrected chi connectivity index (χ3v) is 3.98. The lowest BCUT2D eigenvalue weighted by Gasteiger charge is -2.20. The summed E-state index contributed by atoms with van der Waals surface area (Å²) in [6.07, 6.45) is 0.790. The fraction of sp³-hybridized carbons (Fsp3) is 0.286. The van der Waals surface area contributed by atoms with Crippen LogP contribution in [-0.4, -0.2) is 18.5 Å². The molecule has 1 aliphatic rings. The quantitative estimate of drug-likeness (QED) is 0.673. The summed E-state index contributed by atoms with van der Waals surface area (Å²) in [5, 5.41) is 14.6. The van der Waals surface area contributed by atoms with E-state index in [9.17, 15) is 10.1 Å². The van der Waals surface area contributed by atoms with Gasteiger partial charge in [0.15, 0.2) is 4.67 Å². The third-order valence-electron chi connectivity index (χ3n) is 3.55. The summed E-state index contributed by atoms with van der Waals surface area (Å²) in [7, 11) is 1.84. The van der Waals surface area contributed by atoms with Gasteiger partial charge in [-0.1, -0.05) is 0 Å². The number of furan rings is 1. The molecule has 21 heavy (non-hydrogen) atoms. The molecule has 0 fully saturated rings. The Morgan fingerprint density at radius 2 is 2.24 bits per heavy atom. The van der Waals surface area contributed by atoms with Gasteiger partial charge in [0, 0.05) is 30.9 Å². The van der Waals surface area contributed by atoms with Crippen molar-refractivity contribution in [1.29, 1.82) is 0 Å².